The Morgan fingerprint density at radius 2 is 2.00 bits per heavy atom. The van der Waals surface area contributed by atoms with Gasteiger partial charge in [-0.05, 0) is 49.1 Å². The van der Waals surface area contributed by atoms with Crippen molar-refractivity contribution in [1.29, 1.82) is 0 Å². The number of aromatic nitrogens is 1. The summed E-state index contributed by atoms with van der Waals surface area (Å²) in [5, 5.41) is 5.40. The van der Waals surface area contributed by atoms with Crippen LogP contribution in [0.5, 0.6) is 0 Å². The molecule has 1 aromatic carbocycles. The maximum Gasteiger partial charge on any atom is 0.244 e. The number of aromatic amines is 1. The van der Waals surface area contributed by atoms with Crippen molar-refractivity contribution >= 4 is 22.4 Å². The number of morpholine rings is 1. The van der Waals surface area contributed by atoms with Crippen LogP contribution in [-0.2, 0) is 16.0 Å². The van der Waals surface area contributed by atoms with Gasteiger partial charge in [0, 0.05) is 49.8 Å². The van der Waals surface area contributed by atoms with Gasteiger partial charge in [-0.2, -0.15) is 0 Å². The van der Waals surface area contributed by atoms with E-state index in [-0.39, 0.29) is 24.0 Å². The van der Waals surface area contributed by atoms with Gasteiger partial charge in [-0.1, -0.05) is 18.2 Å². The van der Waals surface area contributed by atoms with E-state index in [1.165, 1.54) is 27.6 Å². The van der Waals surface area contributed by atoms with Crippen LogP contribution in [0, 0.1) is 5.92 Å². The fourth-order valence-corrected chi connectivity index (χ4v) is 5.82. The van der Waals surface area contributed by atoms with E-state index in [0.717, 1.165) is 38.9 Å². The lowest BCUT2D eigenvalue weighted by atomic mass is 9.80. The Balaban J connectivity index is 1.32. The summed E-state index contributed by atoms with van der Waals surface area (Å²) in [7, 11) is 4.09. The Morgan fingerprint density at radius 3 is 2.79 bits per heavy atom. The number of rotatable bonds is 2. The maximum atomic E-state index is 13.5. The summed E-state index contributed by atoms with van der Waals surface area (Å²) in [5.74, 6) is 0.0728. The number of benzene rings is 1. The van der Waals surface area contributed by atoms with Gasteiger partial charge in [0.1, 0.15) is 0 Å². The minimum Gasteiger partial charge on any atom is -0.372 e. The van der Waals surface area contributed by atoms with Crippen molar-refractivity contribution in [3.63, 3.8) is 0 Å². The molecule has 29 heavy (non-hydrogen) atoms. The highest BCUT2D eigenvalue weighted by Gasteiger charge is 2.40. The molecule has 2 saturated heterocycles. The molecule has 2 aromatic rings. The second-order valence-electron chi connectivity index (χ2n) is 9.12. The first kappa shape index (κ1) is 17.7. The van der Waals surface area contributed by atoms with Crippen molar-refractivity contribution in [2.75, 3.05) is 33.7 Å². The fraction of sp³-hybridized carbons (Fsp3) is 0.522. The van der Waals surface area contributed by atoms with Gasteiger partial charge in [-0.25, -0.2) is 5.01 Å². The minimum atomic E-state index is -0.118. The van der Waals surface area contributed by atoms with Crippen LogP contribution in [0.1, 0.15) is 24.0 Å². The average molecular weight is 393 g/mol. The molecule has 1 aromatic heterocycles. The topological polar surface area (TPSA) is 51.8 Å². The monoisotopic (exact) mass is 392 g/mol. The van der Waals surface area contributed by atoms with Crippen LogP contribution in [0.15, 0.2) is 30.5 Å². The summed E-state index contributed by atoms with van der Waals surface area (Å²) in [4.78, 5) is 19.2. The molecule has 0 saturated carbocycles. The van der Waals surface area contributed by atoms with E-state index in [0.29, 0.717) is 6.04 Å². The zero-order chi connectivity index (χ0) is 19.7. The van der Waals surface area contributed by atoms with Gasteiger partial charge in [0.25, 0.3) is 0 Å². The highest BCUT2D eigenvalue weighted by atomic mass is 16.5. The van der Waals surface area contributed by atoms with Gasteiger partial charge in [-0.15, -0.1) is 0 Å². The van der Waals surface area contributed by atoms with E-state index in [1.807, 2.05) is 12.1 Å². The van der Waals surface area contributed by atoms with Crippen molar-refractivity contribution in [3.8, 4) is 0 Å². The number of ether oxygens (including phenoxy) is 1. The Kier molecular flexibility index (Phi) is 3.92. The molecule has 6 nitrogen and oxygen atoms in total. The number of fused-ring (bicyclic) bond motifs is 4. The van der Waals surface area contributed by atoms with Crippen molar-refractivity contribution in [2.24, 2.45) is 5.92 Å². The summed E-state index contributed by atoms with van der Waals surface area (Å²) in [6, 6.07) is 6.81. The normalized spacial score (nSPS) is 31.6. The van der Waals surface area contributed by atoms with Crippen molar-refractivity contribution in [3.05, 3.63) is 41.6 Å². The van der Waals surface area contributed by atoms with E-state index in [4.69, 9.17) is 4.74 Å². The number of hydrogen-bond donors (Lipinski definition) is 1. The summed E-state index contributed by atoms with van der Waals surface area (Å²) in [6.45, 7) is 2.42. The predicted molar refractivity (Wildman–Crippen MR) is 112 cm³/mol. The molecule has 4 aliphatic rings. The number of carbonyl (C=O) groups is 1. The molecule has 152 valence electrons. The molecule has 0 spiro atoms. The van der Waals surface area contributed by atoms with Gasteiger partial charge in [0.15, 0.2) is 0 Å². The second kappa shape index (κ2) is 6.42. The zero-order valence-corrected chi connectivity index (χ0v) is 17.1. The summed E-state index contributed by atoms with van der Waals surface area (Å²) in [6.07, 6.45) is 8.20. The molecular formula is C23H28N4O2. The standard InChI is InChI=1S/C23H28N4O2/c1-25-11-15(23(28)26(2)27-12-16-6-7-17(13-27)29-16)8-19-18-4-3-5-20-22(18)14(10-24-20)9-21(19)25/h3-5,8,10,15-17,21,24H,6-7,9,11-13H2,1-2H3/t15-,16-,17+,21-/m1/s1. The van der Waals surface area contributed by atoms with Crippen LogP contribution >= 0.6 is 0 Å². The van der Waals surface area contributed by atoms with Crippen LogP contribution in [0.2, 0.25) is 0 Å². The van der Waals surface area contributed by atoms with Gasteiger partial charge >= 0.3 is 0 Å². The molecule has 6 heteroatoms. The first-order chi connectivity index (χ1) is 14.1. The number of amides is 1. The van der Waals surface area contributed by atoms with Crippen molar-refractivity contribution < 1.29 is 9.53 Å². The number of nitrogens with one attached hydrogen (secondary N) is 1. The second-order valence-corrected chi connectivity index (χ2v) is 9.12. The fourth-order valence-electron chi connectivity index (χ4n) is 5.82. The van der Waals surface area contributed by atoms with Crippen molar-refractivity contribution in [2.45, 2.75) is 37.5 Å². The van der Waals surface area contributed by atoms with Gasteiger partial charge < -0.3 is 9.72 Å². The number of nitrogens with zero attached hydrogens (tertiary/aromatic N) is 3. The molecule has 4 atom stereocenters. The van der Waals surface area contributed by atoms with Crippen LogP contribution in [0.25, 0.3) is 16.5 Å². The molecule has 1 amide bonds. The highest BCUT2D eigenvalue weighted by molar-refractivity contribution is 5.99. The molecule has 3 aliphatic heterocycles. The van der Waals surface area contributed by atoms with Crippen LogP contribution in [0.4, 0.5) is 0 Å². The lowest BCUT2D eigenvalue weighted by Crippen LogP contribution is -2.55. The van der Waals surface area contributed by atoms with Crippen LogP contribution in [-0.4, -0.2) is 77.8 Å². The average Bonchev–Trinajstić information content (AvgIpc) is 3.31. The Labute approximate surface area is 171 Å². The quantitative estimate of drug-likeness (QED) is 0.852. The van der Waals surface area contributed by atoms with E-state index in [2.05, 4.69) is 52.4 Å². The molecule has 0 unspecified atom stereocenters. The lowest BCUT2D eigenvalue weighted by Gasteiger charge is -2.42. The number of carbonyl (C=O) groups excluding carboxylic acids is 1. The summed E-state index contributed by atoms with van der Waals surface area (Å²) >= 11 is 0. The Morgan fingerprint density at radius 1 is 1.21 bits per heavy atom. The van der Waals surface area contributed by atoms with E-state index in [9.17, 15) is 4.79 Å². The Bertz CT molecular complexity index is 999. The third-order valence-electron chi connectivity index (χ3n) is 7.35. The third kappa shape index (κ3) is 2.70. The molecular weight excluding hydrogens is 364 g/mol. The van der Waals surface area contributed by atoms with E-state index in [1.54, 1.807) is 0 Å². The SMILES string of the molecule is CN1C[C@H](C(=O)N(C)N2C[C@H]3CC[C@@H](C2)O3)C=C2c3cccc4[nH]cc(c34)C[C@H]21. The lowest BCUT2D eigenvalue weighted by molar-refractivity contribution is -0.164. The van der Waals surface area contributed by atoms with Crippen LogP contribution < -0.4 is 0 Å². The number of hydrazine groups is 1. The predicted octanol–water partition coefficient (Wildman–Crippen LogP) is 2.27. The highest BCUT2D eigenvalue weighted by Crippen LogP contribution is 2.41. The number of hydrogen-bond acceptors (Lipinski definition) is 4. The molecule has 0 radical (unpaired) electrons. The molecule has 4 heterocycles. The zero-order valence-electron chi connectivity index (χ0n) is 17.1. The molecule has 6 rings (SSSR count). The minimum absolute atomic E-state index is 0.118. The Hall–Kier alpha value is -2.15. The first-order valence-corrected chi connectivity index (χ1v) is 10.8. The molecule has 2 fully saturated rings. The largest absolute Gasteiger partial charge is 0.372 e. The summed E-state index contributed by atoms with van der Waals surface area (Å²) in [5.41, 5.74) is 5.17. The van der Waals surface area contributed by atoms with Gasteiger partial charge in [-0.3, -0.25) is 14.7 Å². The third-order valence-corrected chi connectivity index (χ3v) is 7.35. The molecule has 1 aliphatic carbocycles. The van der Waals surface area contributed by atoms with E-state index >= 15 is 0 Å². The number of likely N-dealkylation sites (N-methyl/N-ethyl adjacent to an activating group) is 1. The van der Waals surface area contributed by atoms with Gasteiger partial charge in [0.2, 0.25) is 5.91 Å². The first-order valence-electron chi connectivity index (χ1n) is 10.8. The van der Waals surface area contributed by atoms with Crippen molar-refractivity contribution in [1.82, 2.24) is 19.9 Å². The molecule has 2 bridgehead atoms. The van der Waals surface area contributed by atoms with Gasteiger partial charge in [0.05, 0.1) is 18.1 Å². The smallest absolute Gasteiger partial charge is 0.244 e. The molecule has 1 N–H and O–H groups in total. The maximum absolute atomic E-state index is 13.5. The number of H-pyrrole nitrogens is 1. The van der Waals surface area contributed by atoms with E-state index < -0.39 is 0 Å². The summed E-state index contributed by atoms with van der Waals surface area (Å²) < 4.78 is 5.95. The van der Waals surface area contributed by atoms with Crippen LogP contribution in [0.3, 0.4) is 0 Å².